The smallest absolute Gasteiger partial charge is 0.340 e. The molecule has 0 aliphatic rings. The molecule has 0 saturated carbocycles. The summed E-state index contributed by atoms with van der Waals surface area (Å²) in [5.74, 6) is -0.930. The highest BCUT2D eigenvalue weighted by Crippen LogP contribution is 2.23. The summed E-state index contributed by atoms with van der Waals surface area (Å²) in [6.07, 6.45) is 1.90. The zero-order valence-electron chi connectivity index (χ0n) is 11.0. The fourth-order valence-electron chi connectivity index (χ4n) is 1.36. The third kappa shape index (κ3) is 5.12. The van der Waals surface area contributed by atoms with Crippen LogP contribution >= 0.6 is 23.4 Å². The molecule has 0 aliphatic heterocycles. The van der Waals surface area contributed by atoms with Gasteiger partial charge in [0.25, 0.3) is 5.91 Å². The van der Waals surface area contributed by atoms with Crippen molar-refractivity contribution < 1.29 is 14.3 Å². The average molecular weight is 302 g/mol. The normalized spacial score (nSPS) is 10.4. The fraction of sp³-hybridized carbons (Fsp3) is 0.385. The van der Waals surface area contributed by atoms with Gasteiger partial charge in [-0.25, -0.2) is 4.79 Å². The quantitative estimate of drug-likeness (QED) is 0.671. The van der Waals surface area contributed by atoms with Crippen LogP contribution in [0.25, 0.3) is 0 Å². The molecule has 0 spiro atoms. The molecule has 0 radical (unpaired) electrons. The minimum atomic E-state index is -0.597. The Bertz CT molecular complexity index is 477. The molecule has 0 saturated heterocycles. The van der Waals surface area contributed by atoms with E-state index in [1.807, 2.05) is 26.2 Å². The van der Waals surface area contributed by atoms with E-state index in [9.17, 15) is 9.59 Å². The van der Waals surface area contributed by atoms with Crippen LogP contribution < -0.4 is 5.32 Å². The first kappa shape index (κ1) is 15.9. The lowest BCUT2D eigenvalue weighted by Crippen LogP contribution is -2.34. The first-order valence-electron chi connectivity index (χ1n) is 5.74. The molecule has 1 aromatic carbocycles. The first-order valence-corrected chi connectivity index (χ1v) is 7.34. The number of rotatable bonds is 5. The van der Waals surface area contributed by atoms with E-state index in [0.717, 1.165) is 4.90 Å². The first-order chi connectivity index (χ1) is 8.93. The minimum Gasteiger partial charge on any atom is -0.452 e. The highest BCUT2D eigenvalue weighted by atomic mass is 35.5. The van der Waals surface area contributed by atoms with Crippen molar-refractivity contribution in [3.63, 3.8) is 0 Å². The summed E-state index contributed by atoms with van der Waals surface area (Å²) in [4.78, 5) is 24.1. The van der Waals surface area contributed by atoms with Crippen LogP contribution in [0.4, 0.5) is 0 Å². The van der Waals surface area contributed by atoms with Crippen LogP contribution in [0.5, 0.6) is 0 Å². The van der Waals surface area contributed by atoms with Gasteiger partial charge in [-0.1, -0.05) is 11.6 Å². The molecule has 6 heteroatoms. The van der Waals surface area contributed by atoms with Crippen molar-refractivity contribution in [2.45, 2.75) is 24.8 Å². The number of halogens is 1. The van der Waals surface area contributed by atoms with Gasteiger partial charge >= 0.3 is 5.97 Å². The SMILES string of the molecule is CSc1ccc(Cl)c(C(=O)OCC(=O)NC(C)C)c1. The third-order valence-electron chi connectivity index (χ3n) is 2.18. The summed E-state index contributed by atoms with van der Waals surface area (Å²) in [5.41, 5.74) is 0.269. The molecule has 1 rings (SSSR count). The van der Waals surface area contributed by atoms with E-state index in [1.165, 1.54) is 11.8 Å². The van der Waals surface area contributed by atoms with E-state index >= 15 is 0 Å². The number of carbonyl (C=O) groups excluding carboxylic acids is 2. The molecule has 0 fully saturated rings. The second-order valence-corrected chi connectivity index (χ2v) is 5.43. The molecule has 0 unspecified atom stereocenters. The van der Waals surface area contributed by atoms with Crippen molar-refractivity contribution in [2.75, 3.05) is 12.9 Å². The number of hydrogen-bond donors (Lipinski definition) is 1. The lowest BCUT2D eigenvalue weighted by Gasteiger charge is -2.10. The summed E-state index contributed by atoms with van der Waals surface area (Å²) in [7, 11) is 0. The highest BCUT2D eigenvalue weighted by molar-refractivity contribution is 7.98. The zero-order valence-corrected chi connectivity index (χ0v) is 12.6. The molecule has 19 heavy (non-hydrogen) atoms. The van der Waals surface area contributed by atoms with Gasteiger partial charge in [-0.3, -0.25) is 4.79 Å². The van der Waals surface area contributed by atoms with Gasteiger partial charge in [0, 0.05) is 10.9 Å². The van der Waals surface area contributed by atoms with E-state index < -0.39 is 5.97 Å². The van der Waals surface area contributed by atoms with Gasteiger partial charge in [0.15, 0.2) is 6.61 Å². The van der Waals surface area contributed by atoms with Crippen molar-refractivity contribution in [3.8, 4) is 0 Å². The van der Waals surface area contributed by atoms with Crippen molar-refractivity contribution in [2.24, 2.45) is 0 Å². The molecule has 0 aliphatic carbocycles. The maximum Gasteiger partial charge on any atom is 0.340 e. The Morgan fingerprint density at radius 2 is 2.11 bits per heavy atom. The van der Waals surface area contributed by atoms with Crippen LogP contribution in [0.3, 0.4) is 0 Å². The van der Waals surface area contributed by atoms with Crippen LogP contribution in [0.1, 0.15) is 24.2 Å². The monoisotopic (exact) mass is 301 g/mol. The second kappa shape index (κ2) is 7.40. The molecule has 0 aromatic heterocycles. The van der Waals surface area contributed by atoms with Crippen LogP contribution in [-0.4, -0.2) is 30.8 Å². The Morgan fingerprint density at radius 1 is 1.42 bits per heavy atom. The lowest BCUT2D eigenvalue weighted by molar-refractivity contribution is -0.124. The number of benzene rings is 1. The molecule has 1 amide bonds. The summed E-state index contributed by atoms with van der Waals surface area (Å²) < 4.78 is 4.93. The number of hydrogen-bond acceptors (Lipinski definition) is 4. The van der Waals surface area contributed by atoms with Crippen LogP contribution in [-0.2, 0) is 9.53 Å². The number of carbonyl (C=O) groups is 2. The molecule has 104 valence electrons. The van der Waals surface area contributed by atoms with Gasteiger partial charge in [-0.15, -0.1) is 11.8 Å². The number of esters is 1. The van der Waals surface area contributed by atoms with Crippen LogP contribution in [0.15, 0.2) is 23.1 Å². The number of amides is 1. The summed E-state index contributed by atoms with van der Waals surface area (Å²) in [5, 5.41) is 2.95. The van der Waals surface area contributed by atoms with Gasteiger partial charge in [0.2, 0.25) is 0 Å². The van der Waals surface area contributed by atoms with Crippen molar-refractivity contribution in [1.29, 1.82) is 0 Å². The molecule has 1 aromatic rings. The number of nitrogens with one attached hydrogen (secondary N) is 1. The maximum absolute atomic E-state index is 11.8. The van der Waals surface area contributed by atoms with E-state index in [1.54, 1.807) is 12.1 Å². The van der Waals surface area contributed by atoms with Crippen LogP contribution in [0.2, 0.25) is 5.02 Å². The number of thioether (sulfide) groups is 1. The largest absolute Gasteiger partial charge is 0.452 e. The molecule has 0 atom stereocenters. The summed E-state index contributed by atoms with van der Waals surface area (Å²) in [6.45, 7) is 3.36. The third-order valence-corrected chi connectivity index (χ3v) is 3.23. The van der Waals surface area contributed by atoms with Gasteiger partial charge in [-0.2, -0.15) is 0 Å². The Labute approximate surface area is 121 Å². The zero-order chi connectivity index (χ0) is 14.4. The van der Waals surface area contributed by atoms with Gasteiger partial charge in [0.05, 0.1) is 10.6 Å². The molecular formula is C13H16ClNO3S. The van der Waals surface area contributed by atoms with Gasteiger partial charge < -0.3 is 10.1 Å². The predicted octanol–water partition coefficient (Wildman–Crippen LogP) is 2.74. The van der Waals surface area contributed by atoms with Gasteiger partial charge in [-0.05, 0) is 38.3 Å². The van der Waals surface area contributed by atoms with Crippen LogP contribution in [0, 0.1) is 0 Å². The van der Waals surface area contributed by atoms with E-state index in [4.69, 9.17) is 16.3 Å². The van der Waals surface area contributed by atoms with E-state index in [0.29, 0.717) is 5.02 Å². The standard InChI is InChI=1S/C13H16ClNO3S/c1-8(2)15-12(16)7-18-13(17)10-6-9(19-3)4-5-11(10)14/h4-6,8H,7H2,1-3H3,(H,15,16). The second-order valence-electron chi connectivity index (χ2n) is 4.14. The Balaban J connectivity index is 2.65. The topological polar surface area (TPSA) is 55.4 Å². The molecule has 1 N–H and O–H groups in total. The Morgan fingerprint density at radius 3 is 2.68 bits per heavy atom. The molecule has 0 bridgehead atoms. The highest BCUT2D eigenvalue weighted by Gasteiger charge is 2.14. The maximum atomic E-state index is 11.8. The minimum absolute atomic E-state index is 0.00890. The van der Waals surface area contributed by atoms with Crippen molar-refractivity contribution in [3.05, 3.63) is 28.8 Å². The molecule has 0 heterocycles. The Hall–Kier alpha value is -1.20. The predicted molar refractivity (Wildman–Crippen MR) is 76.8 cm³/mol. The van der Waals surface area contributed by atoms with E-state index in [2.05, 4.69) is 5.32 Å². The molecule has 4 nitrogen and oxygen atoms in total. The average Bonchev–Trinajstić information content (AvgIpc) is 2.35. The van der Waals surface area contributed by atoms with Crippen molar-refractivity contribution in [1.82, 2.24) is 5.32 Å². The fourth-order valence-corrected chi connectivity index (χ4v) is 1.99. The van der Waals surface area contributed by atoms with E-state index in [-0.39, 0.29) is 24.1 Å². The number of ether oxygens (including phenoxy) is 1. The molecular weight excluding hydrogens is 286 g/mol. The van der Waals surface area contributed by atoms with Gasteiger partial charge in [0.1, 0.15) is 0 Å². The van der Waals surface area contributed by atoms with Crippen molar-refractivity contribution >= 4 is 35.2 Å². The summed E-state index contributed by atoms with van der Waals surface area (Å²) in [6, 6.07) is 5.11. The Kier molecular flexibility index (Phi) is 6.18. The lowest BCUT2D eigenvalue weighted by atomic mass is 10.2. The summed E-state index contributed by atoms with van der Waals surface area (Å²) >= 11 is 7.43.